The van der Waals surface area contributed by atoms with Crippen LogP contribution in [0.2, 0.25) is 0 Å². The topological polar surface area (TPSA) is 75.6 Å². The highest BCUT2D eigenvalue weighted by Gasteiger charge is 2.26. The van der Waals surface area contributed by atoms with Crippen molar-refractivity contribution in [2.45, 2.75) is 13.3 Å². The molecule has 0 unspecified atom stereocenters. The molecule has 27 heavy (non-hydrogen) atoms. The summed E-state index contributed by atoms with van der Waals surface area (Å²) in [6.45, 7) is 1.41. The maximum Gasteiger partial charge on any atom is 0.339 e. The summed E-state index contributed by atoms with van der Waals surface area (Å²) in [5.41, 5.74) is -0.0655. The van der Waals surface area contributed by atoms with E-state index in [0.29, 0.717) is 12.2 Å². The smallest absolute Gasteiger partial charge is 0.339 e. The van der Waals surface area contributed by atoms with E-state index >= 15 is 0 Å². The number of aryl methyl sites for hydroxylation is 1. The van der Waals surface area contributed by atoms with E-state index in [1.807, 2.05) is 0 Å². The lowest BCUT2D eigenvalue weighted by atomic mass is 10.0. The number of methoxy groups -OCH3 is 1. The van der Waals surface area contributed by atoms with Gasteiger partial charge in [0.1, 0.15) is 16.3 Å². The van der Waals surface area contributed by atoms with Crippen molar-refractivity contribution in [3.8, 4) is 11.1 Å². The maximum absolute atomic E-state index is 14.3. The van der Waals surface area contributed by atoms with Gasteiger partial charge in [0.05, 0.1) is 12.7 Å². The van der Waals surface area contributed by atoms with Crippen molar-refractivity contribution in [3.63, 3.8) is 0 Å². The fourth-order valence-electron chi connectivity index (χ4n) is 2.78. The van der Waals surface area contributed by atoms with Crippen molar-refractivity contribution >= 4 is 28.2 Å². The van der Waals surface area contributed by atoms with E-state index in [1.165, 1.54) is 31.5 Å². The average molecular weight is 391 g/mol. The second-order valence-corrected chi connectivity index (χ2v) is 6.68. The number of halogens is 2. The van der Waals surface area contributed by atoms with Gasteiger partial charge in [0.25, 0.3) is 5.91 Å². The largest absolute Gasteiger partial charge is 0.496 e. The molecule has 1 aromatic carbocycles. The fraction of sp³-hybridized carbons (Fsp3) is 0.158. The van der Waals surface area contributed by atoms with Crippen LogP contribution in [0.15, 0.2) is 41.0 Å². The number of benzene rings is 1. The van der Waals surface area contributed by atoms with Crippen molar-refractivity contribution in [1.29, 1.82) is 0 Å². The Morgan fingerprint density at radius 2 is 1.93 bits per heavy atom. The van der Waals surface area contributed by atoms with Crippen molar-refractivity contribution in [2.24, 2.45) is 0 Å². The van der Waals surface area contributed by atoms with Crippen molar-refractivity contribution in [3.05, 3.63) is 63.8 Å². The van der Waals surface area contributed by atoms with Crippen molar-refractivity contribution < 1.29 is 28.2 Å². The molecule has 3 rings (SSSR count). The summed E-state index contributed by atoms with van der Waals surface area (Å²) in [6, 6.07) is 2.69. The first-order valence-electron chi connectivity index (χ1n) is 7.91. The maximum atomic E-state index is 14.3. The first-order chi connectivity index (χ1) is 12.8. The molecule has 1 amide bonds. The van der Waals surface area contributed by atoms with Crippen LogP contribution in [0.25, 0.3) is 11.1 Å². The Morgan fingerprint density at radius 1 is 1.19 bits per heavy atom. The Labute approximate surface area is 157 Å². The lowest BCUT2D eigenvalue weighted by Gasteiger charge is -2.09. The zero-order valence-corrected chi connectivity index (χ0v) is 15.2. The summed E-state index contributed by atoms with van der Waals surface area (Å²) < 4.78 is 33.3. The molecule has 0 atom stereocenters. The van der Waals surface area contributed by atoms with Crippen LogP contribution in [-0.2, 0) is 9.53 Å². The van der Waals surface area contributed by atoms with Gasteiger partial charge in [-0.25, -0.2) is 13.6 Å². The number of carboxylic acids is 1. The van der Waals surface area contributed by atoms with Crippen LogP contribution in [0.1, 0.15) is 22.3 Å². The van der Waals surface area contributed by atoms with Gasteiger partial charge in [0, 0.05) is 16.5 Å². The first kappa shape index (κ1) is 18.8. The molecule has 1 heterocycles. The first-order valence-corrected chi connectivity index (χ1v) is 8.78. The predicted molar refractivity (Wildman–Crippen MR) is 97.8 cm³/mol. The number of hydrogen-bond donors (Lipinski definition) is 2. The highest BCUT2D eigenvalue weighted by Crippen LogP contribution is 2.38. The molecule has 0 fully saturated rings. The molecular weight excluding hydrogens is 376 g/mol. The molecule has 2 N–H and O–H groups in total. The Balaban J connectivity index is 2.00. The quantitative estimate of drug-likeness (QED) is 0.787. The number of thiophene rings is 1. The number of allylic oxidation sites excluding steroid dienone is 2. The number of hydrogen-bond acceptors (Lipinski definition) is 4. The van der Waals surface area contributed by atoms with E-state index in [9.17, 15) is 23.5 Å². The molecular formula is C19H15F2NO4S. The monoisotopic (exact) mass is 391 g/mol. The number of carboxylic acid groups (broad SMARTS) is 1. The molecule has 0 spiro atoms. The van der Waals surface area contributed by atoms with E-state index in [2.05, 4.69) is 5.32 Å². The fourth-order valence-corrected chi connectivity index (χ4v) is 3.72. The molecule has 0 bridgehead atoms. The SMILES string of the molecule is COC1=CCC=C1C(=O)Nc1scc(-c2ccc(C)c(F)c2F)c1C(=O)O. The number of ether oxygens (including phenoxy) is 1. The summed E-state index contributed by atoms with van der Waals surface area (Å²) >= 11 is 0.925. The predicted octanol–water partition coefficient (Wildman–Crippen LogP) is 4.50. The van der Waals surface area contributed by atoms with E-state index in [-0.39, 0.29) is 32.8 Å². The van der Waals surface area contributed by atoms with Gasteiger partial charge < -0.3 is 15.2 Å². The number of anilines is 1. The van der Waals surface area contributed by atoms with Crippen LogP contribution >= 0.6 is 11.3 Å². The Kier molecular flexibility index (Phi) is 5.09. The number of carbonyl (C=O) groups is 2. The third-order valence-electron chi connectivity index (χ3n) is 4.15. The third kappa shape index (κ3) is 3.35. The van der Waals surface area contributed by atoms with Gasteiger partial charge in [-0.15, -0.1) is 11.3 Å². The van der Waals surface area contributed by atoms with Gasteiger partial charge in [0.2, 0.25) is 0 Å². The molecule has 140 valence electrons. The summed E-state index contributed by atoms with van der Waals surface area (Å²) in [5.74, 6) is -3.66. The van der Waals surface area contributed by atoms with Crippen LogP contribution in [0.5, 0.6) is 0 Å². The standard InChI is InChI=1S/C19H15F2NO4S/c1-9-6-7-10(16(21)15(9)20)12-8-27-18(14(12)19(24)25)22-17(23)11-4-3-5-13(11)26-2/h4-8H,3H2,1-2H3,(H,22,23)(H,24,25). The third-order valence-corrected chi connectivity index (χ3v) is 5.05. The van der Waals surface area contributed by atoms with Gasteiger partial charge in [-0.1, -0.05) is 18.2 Å². The summed E-state index contributed by atoms with van der Waals surface area (Å²) in [6.07, 6.45) is 3.90. The lowest BCUT2D eigenvalue weighted by molar-refractivity contribution is -0.112. The Morgan fingerprint density at radius 3 is 2.59 bits per heavy atom. The van der Waals surface area contributed by atoms with Gasteiger partial charge >= 0.3 is 5.97 Å². The number of aromatic carboxylic acids is 1. The minimum Gasteiger partial charge on any atom is -0.496 e. The van der Waals surface area contributed by atoms with E-state index in [1.54, 1.807) is 12.2 Å². The Bertz CT molecular complexity index is 1010. The average Bonchev–Trinajstić information content (AvgIpc) is 3.26. The molecule has 1 aliphatic carbocycles. The molecule has 1 aliphatic rings. The normalized spacial score (nSPS) is 13.2. The van der Waals surface area contributed by atoms with Gasteiger partial charge in [-0.3, -0.25) is 4.79 Å². The summed E-state index contributed by atoms with van der Waals surface area (Å²) in [7, 11) is 1.43. The van der Waals surface area contributed by atoms with Crippen LogP contribution in [0, 0.1) is 18.6 Å². The number of rotatable bonds is 5. The number of carbonyl (C=O) groups excluding carboxylic acids is 1. The van der Waals surface area contributed by atoms with E-state index in [4.69, 9.17) is 4.74 Å². The molecule has 2 aromatic rings. The second kappa shape index (κ2) is 7.32. The number of nitrogens with one attached hydrogen (secondary N) is 1. The lowest BCUT2D eigenvalue weighted by Crippen LogP contribution is -2.16. The van der Waals surface area contributed by atoms with Gasteiger partial charge in [0.15, 0.2) is 11.6 Å². The van der Waals surface area contributed by atoms with Crippen molar-refractivity contribution in [1.82, 2.24) is 0 Å². The van der Waals surface area contributed by atoms with Crippen LogP contribution < -0.4 is 5.32 Å². The molecule has 5 nitrogen and oxygen atoms in total. The molecule has 0 saturated heterocycles. The molecule has 1 aromatic heterocycles. The summed E-state index contributed by atoms with van der Waals surface area (Å²) in [5, 5.41) is 13.5. The number of amides is 1. The minimum absolute atomic E-state index is 0.00195. The molecule has 0 aliphatic heterocycles. The van der Waals surface area contributed by atoms with Crippen LogP contribution in [-0.4, -0.2) is 24.1 Å². The van der Waals surface area contributed by atoms with Crippen LogP contribution in [0.4, 0.5) is 13.8 Å². The zero-order valence-electron chi connectivity index (χ0n) is 14.4. The molecule has 0 radical (unpaired) electrons. The van der Waals surface area contributed by atoms with Crippen molar-refractivity contribution in [2.75, 3.05) is 12.4 Å². The summed E-state index contributed by atoms with van der Waals surface area (Å²) in [4.78, 5) is 24.2. The highest BCUT2D eigenvalue weighted by molar-refractivity contribution is 7.15. The minimum atomic E-state index is -1.36. The van der Waals surface area contributed by atoms with Gasteiger partial charge in [-0.2, -0.15) is 0 Å². The van der Waals surface area contributed by atoms with E-state index in [0.717, 1.165) is 11.3 Å². The zero-order chi connectivity index (χ0) is 19.7. The molecule has 0 saturated carbocycles. The highest BCUT2D eigenvalue weighted by atomic mass is 32.1. The van der Waals surface area contributed by atoms with Gasteiger partial charge in [-0.05, 0) is 25.0 Å². The van der Waals surface area contributed by atoms with E-state index < -0.39 is 23.5 Å². The second-order valence-electron chi connectivity index (χ2n) is 5.80. The Hall–Kier alpha value is -3.00. The molecule has 8 heteroatoms. The van der Waals surface area contributed by atoms with Crippen LogP contribution in [0.3, 0.4) is 0 Å².